The molecule has 0 radical (unpaired) electrons. The molecule has 0 amide bonds. The number of aromatic hydroxyl groups is 1. The summed E-state index contributed by atoms with van der Waals surface area (Å²) < 4.78 is 0. The van der Waals surface area contributed by atoms with E-state index in [4.69, 9.17) is 0 Å². The van der Waals surface area contributed by atoms with Gasteiger partial charge < -0.3 is 15.7 Å². The van der Waals surface area contributed by atoms with E-state index in [1.54, 1.807) is 12.1 Å². The summed E-state index contributed by atoms with van der Waals surface area (Å²) in [5, 5.41) is 16.5. The fraction of sp³-hybridized carbons (Fsp3) is 0.600. The molecule has 3 N–H and O–H groups in total. The molecule has 1 aliphatic heterocycles. The van der Waals surface area contributed by atoms with Gasteiger partial charge in [0.15, 0.2) is 0 Å². The van der Waals surface area contributed by atoms with Gasteiger partial charge in [0, 0.05) is 23.8 Å². The molecule has 100 valence electrons. The van der Waals surface area contributed by atoms with Crippen LogP contribution in [0.2, 0.25) is 0 Å². The molecular formula is C15H24N2O. The number of benzene rings is 1. The number of rotatable bonds is 4. The van der Waals surface area contributed by atoms with Gasteiger partial charge in [-0.25, -0.2) is 0 Å². The second kappa shape index (κ2) is 6.64. The maximum Gasteiger partial charge on any atom is 0.117 e. The minimum absolute atomic E-state index is 0.319. The summed E-state index contributed by atoms with van der Waals surface area (Å²) in [6.07, 6.45) is 6.43. The summed E-state index contributed by atoms with van der Waals surface area (Å²) in [5.74, 6) is 0.319. The Morgan fingerprint density at radius 1 is 1.39 bits per heavy atom. The van der Waals surface area contributed by atoms with Gasteiger partial charge in [-0.2, -0.15) is 0 Å². The van der Waals surface area contributed by atoms with Crippen molar-refractivity contribution in [2.45, 2.75) is 51.1 Å². The highest BCUT2D eigenvalue weighted by atomic mass is 16.3. The highest BCUT2D eigenvalue weighted by Crippen LogP contribution is 2.18. The molecule has 0 spiro atoms. The minimum atomic E-state index is 0.319. The van der Waals surface area contributed by atoms with Gasteiger partial charge in [0.25, 0.3) is 0 Å². The monoisotopic (exact) mass is 248 g/mol. The molecular weight excluding hydrogens is 224 g/mol. The van der Waals surface area contributed by atoms with Crippen molar-refractivity contribution in [2.75, 3.05) is 11.9 Å². The van der Waals surface area contributed by atoms with Crippen LogP contribution in [0.5, 0.6) is 5.75 Å². The van der Waals surface area contributed by atoms with Crippen molar-refractivity contribution in [3.63, 3.8) is 0 Å². The molecule has 0 saturated carbocycles. The third-order valence-electron chi connectivity index (χ3n) is 3.56. The number of hydrogen-bond donors (Lipinski definition) is 3. The van der Waals surface area contributed by atoms with Gasteiger partial charge in [0.05, 0.1) is 0 Å². The van der Waals surface area contributed by atoms with Crippen molar-refractivity contribution in [3.8, 4) is 5.75 Å². The number of phenols is 1. The Labute approximate surface area is 110 Å². The Balaban J connectivity index is 1.82. The molecule has 0 bridgehead atoms. The van der Waals surface area contributed by atoms with Crippen LogP contribution >= 0.6 is 0 Å². The van der Waals surface area contributed by atoms with Crippen LogP contribution in [-0.2, 0) is 0 Å². The predicted octanol–water partition coefficient (Wildman–Crippen LogP) is 3.11. The first-order valence-corrected chi connectivity index (χ1v) is 7.03. The minimum Gasteiger partial charge on any atom is -0.508 e. The first kappa shape index (κ1) is 13.2. The lowest BCUT2D eigenvalue weighted by atomic mass is 10.0. The average molecular weight is 248 g/mol. The van der Waals surface area contributed by atoms with Crippen molar-refractivity contribution in [2.24, 2.45) is 0 Å². The molecule has 0 aliphatic carbocycles. The molecule has 1 fully saturated rings. The highest BCUT2D eigenvalue weighted by molar-refractivity contribution is 5.48. The standard InChI is InChI=1S/C15H24N2O/c1-12(10-13-6-3-2-4-9-16-13)17-14-7-5-8-15(18)11-14/h5,7-8,11-13,16-18H,2-4,6,9-10H2,1H3. The smallest absolute Gasteiger partial charge is 0.117 e. The summed E-state index contributed by atoms with van der Waals surface area (Å²) in [6.45, 7) is 3.36. The van der Waals surface area contributed by atoms with E-state index in [2.05, 4.69) is 17.6 Å². The van der Waals surface area contributed by atoms with E-state index in [1.807, 2.05) is 12.1 Å². The van der Waals surface area contributed by atoms with Crippen LogP contribution in [0, 0.1) is 0 Å². The topological polar surface area (TPSA) is 44.3 Å². The van der Waals surface area contributed by atoms with Crippen molar-refractivity contribution in [3.05, 3.63) is 24.3 Å². The number of anilines is 1. The molecule has 18 heavy (non-hydrogen) atoms. The van der Waals surface area contributed by atoms with Crippen molar-refractivity contribution >= 4 is 5.69 Å². The van der Waals surface area contributed by atoms with E-state index in [-0.39, 0.29) is 0 Å². The van der Waals surface area contributed by atoms with Gasteiger partial charge in [-0.15, -0.1) is 0 Å². The SMILES string of the molecule is CC(CC1CCCCCN1)Nc1cccc(O)c1. The van der Waals surface area contributed by atoms with Gasteiger partial charge in [-0.1, -0.05) is 18.9 Å². The van der Waals surface area contributed by atoms with Crippen LogP contribution in [0.25, 0.3) is 0 Å². The van der Waals surface area contributed by atoms with Gasteiger partial charge in [-0.3, -0.25) is 0 Å². The Morgan fingerprint density at radius 3 is 3.11 bits per heavy atom. The van der Waals surface area contributed by atoms with E-state index in [1.165, 1.54) is 25.7 Å². The lowest BCUT2D eigenvalue weighted by Gasteiger charge is -2.22. The van der Waals surface area contributed by atoms with Crippen molar-refractivity contribution in [1.82, 2.24) is 5.32 Å². The molecule has 1 aromatic rings. The fourth-order valence-electron chi connectivity index (χ4n) is 2.67. The van der Waals surface area contributed by atoms with Crippen LogP contribution < -0.4 is 10.6 Å². The van der Waals surface area contributed by atoms with E-state index in [0.717, 1.165) is 18.7 Å². The molecule has 1 saturated heterocycles. The second-order valence-electron chi connectivity index (χ2n) is 5.33. The van der Waals surface area contributed by atoms with E-state index in [0.29, 0.717) is 17.8 Å². The van der Waals surface area contributed by atoms with Crippen LogP contribution in [0.1, 0.15) is 39.0 Å². The van der Waals surface area contributed by atoms with Gasteiger partial charge >= 0.3 is 0 Å². The Hall–Kier alpha value is -1.22. The third-order valence-corrected chi connectivity index (χ3v) is 3.56. The molecule has 1 aliphatic rings. The Morgan fingerprint density at radius 2 is 2.28 bits per heavy atom. The molecule has 2 unspecified atom stereocenters. The Kier molecular flexibility index (Phi) is 4.88. The largest absolute Gasteiger partial charge is 0.508 e. The lowest BCUT2D eigenvalue weighted by molar-refractivity contribution is 0.455. The number of nitrogens with one attached hydrogen (secondary N) is 2. The zero-order valence-electron chi connectivity index (χ0n) is 11.2. The zero-order valence-corrected chi connectivity index (χ0v) is 11.2. The first-order chi connectivity index (χ1) is 8.74. The summed E-state index contributed by atoms with van der Waals surface area (Å²) in [6, 6.07) is 8.39. The zero-order chi connectivity index (χ0) is 12.8. The van der Waals surface area contributed by atoms with Crippen LogP contribution in [-0.4, -0.2) is 23.7 Å². The fourth-order valence-corrected chi connectivity index (χ4v) is 2.67. The van der Waals surface area contributed by atoms with Crippen LogP contribution in [0.15, 0.2) is 24.3 Å². The molecule has 3 heteroatoms. The van der Waals surface area contributed by atoms with Gasteiger partial charge in [0.2, 0.25) is 0 Å². The highest BCUT2D eigenvalue weighted by Gasteiger charge is 2.14. The quantitative estimate of drug-likeness (QED) is 0.767. The molecule has 3 nitrogen and oxygen atoms in total. The van der Waals surface area contributed by atoms with E-state index in [9.17, 15) is 5.11 Å². The molecule has 1 heterocycles. The second-order valence-corrected chi connectivity index (χ2v) is 5.33. The first-order valence-electron chi connectivity index (χ1n) is 7.03. The molecule has 2 rings (SSSR count). The maximum absolute atomic E-state index is 9.43. The van der Waals surface area contributed by atoms with Crippen LogP contribution in [0.4, 0.5) is 5.69 Å². The number of phenolic OH excluding ortho intramolecular Hbond substituents is 1. The lowest BCUT2D eigenvalue weighted by Crippen LogP contribution is -2.33. The van der Waals surface area contributed by atoms with Gasteiger partial charge in [0.1, 0.15) is 5.75 Å². The predicted molar refractivity (Wildman–Crippen MR) is 76.1 cm³/mol. The van der Waals surface area contributed by atoms with E-state index < -0.39 is 0 Å². The summed E-state index contributed by atoms with van der Waals surface area (Å²) >= 11 is 0. The Bertz CT molecular complexity index is 359. The summed E-state index contributed by atoms with van der Waals surface area (Å²) in [7, 11) is 0. The summed E-state index contributed by atoms with van der Waals surface area (Å²) in [5.41, 5.74) is 0.996. The van der Waals surface area contributed by atoms with Gasteiger partial charge in [-0.05, 0) is 44.9 Å². The molecule has 2 atom stereocenters. The molecule has 0 aromatic heterocycles. The van der Waals surface area contributed by atoms with Crippen LogP contribution in [0.3, 0.4) is 0 Å². The summed E-state index contributed by atoms with van der Waals surface area (Å²) in [4.78, 5) is 0. The average Bonchev–Trinajstić information content (AvgIpc) is 2.57. The van der Waals surface area contributed by atoms with Crippen molar-refractivity contribution in [1.29, 1.82) is 0 Å². The third kappa shape index (κ3) is 4.22. The van der Waals surface area contributed by atoms with Crippen molar-refractivity contribution < 1.29 is 5.11 Å². The molecule has 1 aromatic carbocycles. The maximum atomic E-state index is 9.43. The van der Waals surface area contributed by atoms with E-state index >= 15 is 0 Å². The number of hydrogen-bond acceptors (Lipinski definition) is 3. The normalized spacial score (nSPS) is 22.2.